The Labute approximate surface area is 173 Å². The Hall–Kier alpha value is -3.19. The molecule has 0 atom stereocenters. The fraction of sp³-hybridized carbons (Fsp3) is 0.190. The summed E-state index contributed by atoms with van der Waals surface area (Å²) in [4.78, 5) is 25.5. The molecule has 1 amide bonds. The van der Waals surface area contributed by atoms with Crippen molar-refractivity contribution in [3.05, 3.63) is 77.3 Å². The summed E-state index contributed by atoms with van der Waals surface area (Å²) in [5, 5.41) is 2.73. The van der Waals surface area contributed by atoms with Crippen LogP contribution < -0.4 is 15.1 Å². The van der Waals surface area contributed by atoms with Crippen molar-refractivity contribution in [2.24, 2.45) is 0 Å². The van der Waals surface area contributed by atoms with Gasteiger partial charge in [-0.1, -0.05) is 29.8 Å². The highest BCUT2D eigenvalue weighted by atomic mass is 35.5. The Morgan fingerprint density at radius 3 is 2.28 bits per heavy atom. The van der Waals surface area contributed by atoms with Crippen molar-refractivity contribution >= 4 is 34.8 Å². The van der Waals surface area contributed by atoms with E-state index in [0.29, 0.717) is 11.6 Å². The highest BCUT2D eigenvalue weighted by Crippen LogP contribution is 2.20. The van der Waals surface area contributed by atoms with E-state index in [0.717, 1.165) is 32.2 Å². The van der Waals surface area contributed by atoms with Crippen molar-refractivity contribution in [2.45, 2.75) is 0 Å². The van der Waals surface area contributed by atoms with E-state index < -0.39 is 11.7 Å². The van der Waals surface area contributed by atoms with Crippen LogP contribution >= 0.6 is 11.6 Å². The van der Waals surface area contributed by atoms with Gasteiger partial charge in [-0.2, -0.15) is 0 Å². The number of amides is 1. The van der Waals surface area contributed by atoms with Crippen LogP contribution in [0.25, 0.3) is 0 Å². The van der Waals surface area contributed by atoms with E-state index in [1.54, 1.807) is 12.4 Å². The zero-order chi connectivity index (χ0) is 20.2. The number of piperazine rings is 1. The lowest BCUT2D eigenvalue weighted by atomic mass is 10.2. The van der Waals surface area contributed by atoms with Crippen LogP contribution in [0.1, 0.15) is 10.4 Å². The SMILES string of the molecule is O=C(Nc1cnc(N2CCN(c3ccccc3)CC2)nc1)c1ccc(F)cc1Cl. The van der Waals surface area contributed by atoms with Crippen molar-refractivity contribution in [1.29, 1.82) is 0 Å². The van der Waals surface area contributed by atoms with Crippen LogP contribution in [-0.2, 0) is 0 Å². The fourth-order valence-electron chi connectivity index (χ4n) is 3.22. The van der Waals surface area contributed by atoms with Gasteiger partial charge in [0.1, 0.15) is 5.82 Å². The minimum atomic E-state index is -0.494. The predicted molar refractivity (Wildman–Crippen MR) is 112 cm³/mol. The molecule has 1 aliphatic rings. The summed E-state index contributed by atoms with van der Waals surface area (Å²) in [7, 11) is 0. The quantitative estimate of drug-likeness (QED) is 0.706. The Morgan fingerprint density at radius 1 is 0.966 bits per heavy atom. The van der Waals surface area contributed by atoms with Gasteiger partial charge in [-0.25, -0.2) is 14.4 Å². The molecule has 8 heteroatoms. The Kier molecular flexibility index (Phi) is 5.57. The van der Waals surface area contributed by atoms with Crippen LogP contribution in [0.3, 0.4) is 0 Å². The van der Waals surface area contributed by atoms with Crippen molar-refractivity contribution in [3.8, 4) is 0 Å². The maximum Gasteiger partial charge on any atom is 0.257 e. The average molecular weight is 412 g/mol. The molecule has 4 rings (SSSR count). The highest BCUT2D eigenvalue weighted by Gasteiger charge is 2.19. The Morgan fingerprint density at radius 2 is 1.62 bits per heavy atom. The molecule has 0 unspecified atom stereocenters. The summed E-state index contributed by atoms with van der Waals surface area (Å²) < 4.78 is 13.1. The lowest BCUT2D eigenvalue weighted by Gasteiger charge is -2.36. The molecular weight excluding hydrogens is 393 g/mol. The van der Waals surface area contributed by atoms with Crippen LogP contribution in [0.2, 0.25) is 5.02 Å². The summed E-state index contributed by atoms with van der Waals surface area (Å²) in [6, 6.07) is 13.9. The van der Waals surface area contributed by atoms with Gasteiger partial charge in [0.2, 0.25) is 5.95 Å². The molecule has 29 heavy (non-hydrogen) atoms. The molecular formula is C21H19ClFN5O. The first-order valence-electron chi connectivity index (χ1n) is 9.23. The molecule has 1 aromatic heterocycles. The van der Waals surface area contributed by atoms with E-state index in [1.807, 2.05) is 18.2 Å². The van der Waals surface area contributed by atoms with Gasteiger partial charge < -0.3 is 15.1 Å². The number of nitrogens with zero attached hydrogens (tertiary/aromatic N) is 4. The van der Waals surface area contributed by atoms with Crippen LogP contribution in [0.5, 0.6) is 0 Å². The summed E-state index contributed by atoms with van der Waals surface area (Å²) >= 11 is 5.93. The first kappa shape index (κ1) is 19.1. The molecule has 0 saturated carbocycles. The number of carbonyl (C=O) groups is 1. The van der Waals surface area contributed by atoms with E-state index in [1.165, 1.54) is 17.8 Å². The number of benzene rings is 2. The predicted octanol–water partition coefficient (Wildman–Crippen LogP) is 3.85. The van der Waals surface area contributed by atoms with E-state index in [4.69, 9.17) is 11.6 Å². The molecule has 0 spiro atoms. The molecule has 2 heterocycles. The molecule has 6 nitrogen and oxygen atoms in total. The monoisotopic (exact) mass is 411 g/mol. The van der Waals surface area contributed by atoms with Crippen LogP contribution in [-0.4, -0.2) is 42.1 Å². The molecule has 1 aliphatic heterocycles. The fourth-order valence-corrected chi connectivity index (χ4v) is 3.48. The third kappa shape index (κ3) is 4.46. The molecule has 0 aliphatic carbocycles. The first-order chi connectivity index (χ1) is 14.1. The Bertz CT molecular complexity index is 992. The van der Waals surface area contributed by atoms with Crippen molar-refractivity contribution in [2.75, 3.05) is 41.3 Å². The van der Waals surface area contributed by atoms with Crippen molar-refractivity contribution in [3.63, 3.8) is 0 Å². The molecule has 2 aromatic carbocycles. The van der Waals surface area contributed by atoms with E-state index in [2.05, 4.69) is 37.2 Å². The topological polar surface area (TPSA) is 61.4 Å². The maximum absolute atomic E-state index is 13.1. The molecule has 1 fully saturated rings. The van der Waals surface area contributed by atoms with Gasteiger partial charge in [0.05, 0.1) is 28.7 Å². The van der Waals surface area contributed by atoms with Gasteiger partial charge in [0, 0.05) is 31.9 Å². The molecule has 148 valence electrons. The zero-order valence-corrected chi connectivity index (χ0v) is 16.3. The number of hydrogen-bond acceptors (Lipinski definition) is 5. The Balaban J connectivity index is 1.36. The number of hydrogen-bond donors (Lipinski definition) is 1. The van der Waals surface area contributed by atoms with E-state index in [9.17, 15) is 9.18 Å². The molecule has 1 N–H and O–H groups in total. The summed E-state index contributed by atoms with van der Waals surface area (Å²) in [6.07, 6.45) is 3.11. The number of halogens is 2. The second-order valence-electron chi connectivity index (χ2n) is 6.66. The van der Waals surface area contributed by atoms with Gasteiger partial charge >= 0.3 is 0 Å². The maximum atomic E-state index is 13.1. The van der Waals surface area contributed by atoms with Crippen LogP contribution in [0.4, 0.5) is 21.7 Å². The van der Waals surface area contributed by atoms with Gasteiger partial charge in [-0.05, 0) is 30.3 Å². The van der Waals surface area contributed by atoms with E-state index >= 15 is 0 Å². The summed E-state index contributed by atoms with van der Waals surface area (Å²) in [5.74, 6) is -0.315. The largest absolute Gasteiger partial charge is 0.368 e. The minimum Gasteiger partial charge on any atom is -0.368 e. The van der Waals surface area contributed by atoms with E-state index in [-0.39, 0.29) is 10.6 Å². The second-order valence-corrected chi connectivity index (χ2v) is 7.07. The standard InChI is InChI=1S/C21H19ClFN5O/c22-19-12-15(23)6-7-18(19)20(29)26-16-13-24-21(25-14-16)28-10-8-27(9-11-28)17-4-2-1-3-5-17/h1-7,12-14H,8-11H2,(H,26,29). The minimum absolute atomic E-state index is 0.0522. The summed E-state index contributed by atoms with van der Waals surface area (Å²) in [6.45, 7) is 3.39. The number of carbonyl (C=O) groups excluding carboxylic acids is 1. The van der Waals surface area contributed by atoms with Crippen molar-refractivity contribution in [1.82, 2.24) is 9.97 Å². The molecule has 1 saturated heterocycles. The highest BCUT2D eigenvalue weighted by molar-refractivity contribution is 6.34. The summed E-state index contributed by atoms with van der Waals surface area (Å²) in [5.41, 5.74) is 1.85. The van der Waals surface area contributed by atoms with Gasteiger partial charge in [0.15, 0.2) is 0 Å². The van der Waals surface area contributed by atoms with Crippen LogP contribution in [0, 0.1) is 5.82 Å². The first-order valence-corrected chi connectivity index (χ1v) is 9.61. The molecule has 0 bridgehead atoms. The van der Waals surface area contributed by atoms with Gasteiger partial charge in [-0.15, -0.1) is 0 Å². The third-order valence-electron chi connectivity index (χ3n) is 4.76. The number of rotatable bonds is 4. The lowest BCUT2D eigenvalue weighted by molar-refractivity contribution is 0.102. The third-order valence-corrected chi connectivity index (χ3v) is 5.07. The molecule has 3 aromatic rings. The smallest absolute Gasteiger partial charge is 0.257 e. The normalized spacial score (nSPS) is 14.0. The molecule has 0 radical (unpaired) electrons. The number of para-hydroxylation sites is 1. The zero-order valence-electron chi connectivity index (χ0n) is 15.6. The number of anilines is 3. The van der Waals surface area contributed by atoms with Gasteiger partial charge in [-0.3, -0.25) is 4.79 Å². The lowest BCUT2D eigenvalue weighted by Crippen LogP contribution is -2.47. The van der Waals surface area contributed by atoms with Gasteiger partial charge in [0.25, 0.3) is 5.91 Å². The second kappa shape index (κ2) is 8.45. The number of nitrogens with one attached hydrogen (secondary N) is 1. The average Bonchev–Trinajstić information content (AvgIpc) is 2.75. The van der Waals surface area contributed by atoms with Crippen LogP contribution in [0.15, 0.2) is 60.9 Å². The van der Waals surface area contributed by atoms with Crippen molar-refractivity contribution < 1.29 is 9.18 Å². The number of aromatic nitrogens is 2.